The number of rotatable bonds is 5. The van der Waals surface area contributed by atoms with Gasteiger partial charge in [0.1, 0.15) is 11.6 Å². The van der Waals surface area contributed by atoms with E-state index in [0.29, 0.717) is 17.3 Å². The highest BCUT2D eigenvalue weighted by Gasteiger charge is 2.06. The van der Waals surface area contributed by atoms with Crippen LogP contribution in [0.15, 0.2) is 36.4 Å². The molecule has 0 atom stereocenters. The van der Waals surface area contributed by atoms with Crippen LogP contribution in [0.5, 0.6) is 5.75 Å². The van der Waals surface area contributed by atoms with Crippen LogP contribution in [0.2, 0.25) is 5.02 Å². The number of halogens is 2. The summed E-state index contributed by atoms with van der Waals surface area (Å²) < 4.78 is 18.2. The predicted molar refractivity (Wildman–Crippen MR) is 84.7 cm³/mol. The summed E-state index contributed by atoms with van der Waals surface area (Å²) in [4.78, 5) is 11.8. The van der Waals surface area contributed by atoms with Gasteiger partial charge in [0.25, 0.3) is 5.91 Å². The van der Waals surface area contributed by atoms with Crippen LogP contribution in [0.3, 0.4) is 0 Å². The van der Waals surface area contributed by atoms with Gasteiger partial charge in [0.15, 0.2) is 6.61 Å². The second kappa shape index (κ2) is 7.27. The lowest BCUT2D eigenvalue weighted by molar-refractivity contribution is -0.123. The van der Waals surface area contributed by atoms with E-state index in [9.17, 15) is 9.18 Å². The molecule has 0 radical (unpaired) electrons. The monoisotopic (exact) mass is 321 g/mol. The Morgan fingerprint density at radius 3 is 2.36 bits per heavy atom. The highest BCUT2D eigenvalue weighted by atomic mass is 35.5. The SMILES string of the molecule is Cc1cc(OCC(=O)NCc2ccc(F)cc2)cc(C)c1Cl. The van der Waals surface area contributed by atoms with Crippen LogP contribution in [0.25, 0.3) is 0 Å². The van der Waals surface area contributed by atoms with Gasteiger partial charge in [0.2, 0.25) is 0 Å². The first kappa shape index (κ1) is 16.3. The first-order valence-electron chi connectivity index (χ1n) is 6.86. The number of carbonyl (C=O) groups excluding carboxylic acids is 1. The molecular weight excluding hydrogens is 305 g/mol. The summed E-state index contributed by atoms with van der Waals surface area (Å²) in [5.74, 6) is 0.0674. The molecule has 0 aromatic heterocycles. The smallest absolute Gasteiger partial charge is 0.258 e. The fourth-order valence-corrected chi connectivity index (χ4v) is 2.10. The summed E-state index contributed by atoms with van der Waals surface area (Å²) in [6.07, 6.45) is 0. The van der Waals surface area contributed by atoms with Crippen molar-refractivity contribution < 1.29 is 13.9 Å². The van der Waals surface area contributed by atoms with Gasteiger partial charge >= 0.3 is 0 Å². The van der Waals surface area contributed by atoms with Crippen LogP contribution in [-0.2, 0) is 11.3 Å². The maximum atomic E-state index is 12.8. The molecule has 0 bridgehead atoms. The Labute approximate surface area is 134 Å². The summed E-state index contributed by atoms with van der Waals surface area (Å²) in [7, 11) is 0. The van der Waals surface area contributed by atoms with Crippen LogP contribution in [-0.4, -0.2) is 12.5 Å². The molecule has 2 aromatic carbocycles. The summed E-state index contributed by atoms with van der Waals surface area (Å²) in [5, 5.41) is 3.42. The lowest BCUT2D eigenvalue weighted by Crippen LogP contribution is -2.28. The van der Waals surface area contributed by atoms with Crippen LogP contribution >= 0.6 is 11.6 Å². The maximum absolute atomic E-state index is 12.8. The average molecular weight is 322 g/mol. The standard InChI is InChI=1S/C17H17ClFNO2/c1-11-7-15(8-12(2)17(11)18)22-10-16(21)20-9-13-3-5-14(19)6-4-13/h3-8H,9-10H2,1-2H3,(H,20,21). The Morgan fingerprint density at radius 1 is 1.18 bits per heavy atom. The normalized spacial score (nSPS) is 10.4. The molecule has 3 nitrogen and oxygen atoms in total. The van der Waals surface area contributed by atoms with Gasteiger partial charge in [-0.05, 0) is 54.8 Å². The molecule has 2 aromatic rings. The van der Waals surface area contributed by atoms with Crippen molar-refractivity contribution in [2.75, 3.05) is 6.61 Å². The highest BCUT2D eigenvalue weighted by Crippen LogP contribution is 2.25. The minimum Gasteiger partial charge on any atom is -0.484 e. The lowest BCUT2D eigenvalue weighted by atomic mass is 10.1. The molecule has 0 aliphatic heterocycles. The van der Waals surface area contributed by atoms with Crippen molar-refractivity contribution >= 4 is 17.5 Å². The van der Waals surface area contributed by atoms with E-state index in [2.05, 4.69) is 5.32 Å². The van der Waals surface area contributed by atoms with Crippen LogP contribution in [0, 0.1) is 19.7 Å². The lowest BCUT2D eigenvalue weighted by Gasteiger charge is -2.10. The number of hydrogen-bond acceptors (Lipinski definition) is 2. The maximum Gasteiger partial charge on any atom is 0.258 e. The summed E-state index contributed by atoms with van der Waals surface area (Å²) in [6, 6.07) is 9.56. The van der Waals surface area contributed by atoms with Crippen molar-refractivity contribution in [3.05, 3.63) is 63.9 Å². The molecule has 0 saturated heterocycles. The zero-order valence-corrected chi connectivity index (χ0v) is 13.2. The molecule has 2 rings (SSSR count). The third-order valence-corrected chi connectivity index (χ3v) is 3.78. The molecule has 0 aliphatic carbocycles. The van der Waals surface area contributed by atoms with Crippen LogP contribution in [0.1, 0.15) is 16.7 Å². The molecule has 0 unspecified atom stereocenters. The van der Waals surface area contributed by atoms with Gasteiger partial charge in [-0.2, -0.15) is 0 Å². The van der Waals surface area contributed by atoms with Crippen LogP contribution in [0.4, 0.5) is 4.39 Å². The number of ether oxygens (including phenoxy) is 1. The van der Waals surface area contributed by atoms with E-state index < -0.39 is 0 Å². The second-order valence-electron chi connectivity index (χ2n) is 5.06. The van der Waals surface area contributed by atoms with Gasteiger partial charge in [-0.3, -0.25) is 4.79 Å². The topological polar surface area (TPSA) is 38.3 Å². The van der Waals surface area contributed by atoms with E-state index in [-0.39, 0.29) is 18.3 Å². The Hall–Kier alpha value is -2.07. The molecule has 0 fully saturated rings. The van der Waals surface area contributed by atoms with Crippen LogP contribution < -0.4 is 10.1 Å². The van der Waals surface area contributed by atoms with Crippen molar-refractivity contribution in [1.82, 2.24) is 5.32 Å². The fraction of sp³-hybridized carbons (Fsp3) is 0.235. The molecule has 1 N–H and O–H groups in total. The van der Waals surface area contributed by atoms with Crippen molar-refractivity contribution in [3.63, 3.8) is 0 Å². The highest BCUT2D eigenvalue weighted by molar-refractivity contribution is 6.32. The van der Waals surface area contributed by atoms with Crippen molar-refractivity contribution in [2.24, 2.45) is 0 Å². The van der Waals surface area contributed by atoms with E-state index in [0.717, 1.165) is 16.7 Å². The molecule has 0 saturated carbocycles. The Bertz CT molecular complexity index is 648. The summed E-state index contributed by atoms with van der Waals surface area (Å²) in [6.45, 7) is 4.02. The molecule has 1 amide bonds. The third-order valence-electron chi connectivity index (χ3n) is 3.18. The molecule has 116 valence electrons. The molecule has 0 aliphatic rings. The van der Waals surface area contributed by atoms with E-state index in [4.69, 9.17) is 16.3 Å². The molecule has 5 heteroatoms. The van der Waals surface area contributed by atoms with Gasteiger partial charge in [-0.1, -0.05) is 23.7 Å². The number of amides is 1. The third kappa shape index (κ3) is 4.46. The molecule has 22 heavy (non-hydrogen) atoms. The summed E-state index contributed by atoms with van der Waals surface area (Å²) >= 11 is 6.08. The van der Waals surface area contributed by atoms with E-state index in [1.165, 1.54) is 12.1 Å². The van der Waals surface area contributed by atoms with Gasteiger partial charge in [0.05, 0.1) is 0 Å². The van der Waals surface area contributed by atoms with Gasteiger partial charge < -0.3 is 10.1 Å². The van der Waals surface area contributed by atoms with Gasteiger partial charge in [-0.25, -0.2) is 4.39 Å². The van der Waals surface area contributed by atoms with E-state index >= 15 is 0 Å². The van der Waals surface area contributed by atoms with E-state index in [1.54, 1.807) is 24.3 Å². The van der Waals surface area contributed by atoms with Crippen molar-refractivity contribution in [1.29, 1.82) is 0 Å². The predicted octanol–water partition coefficient (Wildman–Crippen LogP) is 3.79. The number of hydrogen-bond donors (Lipinski definition) is 1. The van der Waals surface area contributed by atoms with E-state index in [1.807, 2.05) is 13.8 Å². The number of benzene rings is 2. The minimum atomic E-state index is -0.299. The van der Waals surface area contributed by atoms with Gasteiger partial charge in [0, 0.05) is 11.6 Å². The Balaban J connectivity index is 1.84. The first-order valence-corrected chi connectivity index (χ1v) is 7.24. The van der Waals surface area contributed by atoms with Crippen molar-refractivity contribution in [2.45, 2.75) is 20.4 Å². The van der Waals surface area contributed by atoms with Crippen molar-refractivity contribution in [3.8, 4) is 5.75 Å². The number of carbonyl (C=O) groups is 1. The average Bonchev–Trinajstić information content (AvgIpc) is 2.50. The first-order chi connectivity index (χ1) is 10.5. The molecule has 0 heterocycles. The Kier molecular flexibility index (Phi) is 5.39. The summed E-state index contributed by atoms with van der Waals surface area (Å²) in [5.41, 5.74) is 2.64. The van der Waals surface area contributed by atoms with Gasteiger partial charge in [-0.15, -0.1) is 0 Å². The zero-order valence-electron chi connectivity index (χ0n) is 12.5. The number of nitrogens with one attached hydrogen (secondary N) is 1. The molecule has 0 spiro atoms. The molecular formula is C17H17ClFNO2. The quantitative estimate of drug-likeness (QED) is 0.910. The fourth-order valence-electron chi connectivity index (χ4n) is 1.99. The largest absolute Gasteiger partial charge is 0.484 e. The second-order valence-corrected chi connectivity index (χ2v) is 5.44. The minimum absolute atomic E-state index is 0.0816. The Morgan fingerprint density at radius 2 is 1.77 bits per heavy atom. The zero-order chi connectivity index (χ0) is 16.1. The number of aryl methyl sites for hydroxylation is 2.